The van der Waals surface area contributed by atoms with Crippen molar-refractivity contribution in [2.24, 2.45) is 0 Å². The number of ketones is 1. The van der Waals surface area contributed by atoms with Crippen LogP contribution in [0.2, 0.25) is 0 Å². The molecule has 0 atom stereocenters. The second-order valence-corrected chi connectivity index (χ2v) is 5.73. The molecule has 0 radical (unpaired) electrons. The normalized spacial score (nSPS) is 10.8. The quantitative estimate of drug-likeness (QED) is 0.233. The molecule has 3 heterocycles. The molecule has 0 amide bonds. The number of fused-ring (bicyclic) bond motifs is 3. The first-order valence-corrected chi connectivity index (χ1v) is 8.13. The number of hydrogen-bond acceptors (Lipinski definition) is 4. The Morgan fingerprint density at radius 3 is 2.44 bits per heavy atom. The van der Waals surface area contributed by atoms with E-state index in [9.17, 15) is 4.79 Å². The van der Waals surface area contributed by atoms with Crippen LogP contribution in [0.1, 0.15) is 13.8 Å². The molecule has 0 aliphatic heterocycles. The number of carbonyl (C=O) groups excluding carboxylic acids is 1. The third kappa shape index (κ3) is 4.69. The summed E-state index contributed by atoms with van der Waals surface area (Å²) < 4.78 is 2.12. The SMILES string of the molecule is CC(=O)/C=C(/C)O.[Pt].[c-]1ccnc2c1c1ncccc1n2-c1ccccc1. The van der Waals surface area contributed by atoms with Crippen LogP contribution >= 0.6 is 0 Å². The monoisotopic (exact) mass is 539 g/mol. The topological polar surface area (TPSA) is 68.0 Å². The van der Waals surface area contributed by atoms with Gasteiger partial charge in [-0.3, -0.25) is 4.79 Å². The van der Waals surface area contributed by atoms with Gasteiger partial charge >= 0.3 is 0 Å². The van der Waals surface area contributed by atoms with E-state index in [1.807, 2.05) is 30.3 Å². The second-order valence-electron chi connectivity index (χ2n) is 5.73. The van der Waals surface area contributed by atoms with E-state index < -0.39 is 0 Å². The number of aliphatic hydroxyl groups excluding tert-OH is 1. The summed E-state index contributed by atoms with van der Waals surface area (Å²) in [5.41, 5.74) is 3.97. The van der Waals surface area contributed by atoms with Gasteiger partial charge in [-0.25, -0.2) is 0 Å². The van der Waals surface area contributed by atoms with Crippen LogP contribution in [0.15, 0.2) is 72.8 Å². The molecule has 0 bridgehead atoms. The Hall–Kier alpha value is -2.78. The first-order chi connectivity index (χ1) is 12.6. The molecular formula is C21H18N3O2Pt-. The van der Waals surface area contributed by atoms with Gasteiger partial charge in [0.25, 0.3) is 0 Å². The summed E-state index contributed by atoms with van der Waals surface area (Å²) in [6.07, 6.45) is 4.73. The number of para-hydroxylation sites is 1. The van der Waals surface area contributed by atoms with E-state index in [1.54, 1.807) is 12.4 Å². The van der Waals surface area contributed by atoms with Crippen molar-refractivity contribution in [2.45, 2.75) is 13.8 Å². The van der Waals surface area contributed by atoms with Gasteiger partial charge in [0.15, 0.2) is 5.78 Å². The largest absolute Gasteiger partial charge is 0.512 e. The maximum atomic E-state index is 10.0. The number of aromatic nitrogens is 3. The number of allylic oxidation sites excluding steroid dienone is 2. The first-order valence-electron chi connectivity index (χ1n) is 8.13. The molecule has 4 aromatic rings. The molecule has 0 spiro atoms. The van der Waals surface area contributed by atoms with E-state index in [0.717, 1.165) is 27.8 Å². The van der Waals surface area contributed by atoms with E-state index in [2.05, 4.69) is 38.8 Å². The summed E-state index contributed by atoms with van der Waals surface area (Å²) in [7, 11) is 0. The molecule has 3 aromatic heterocycles. The Morgan fingerprint density at radius 1 is 1.07 bits per heavy atom. The smallest absolute Gasteiger partial charge is 0.155 e. The van der Waals surface area contributed by atoms with Crippen molar-refractivity contribution in [3.63, 3.8) is 0 Å². The molecular weight excluding hydrogens is 521 g/mol. The molecule has 0 aliphatic rings. The molecule has 1 aromatic carbocycles. The summed E-state index contributed by atoms with van der Waals surface area (Å²) in [4.78, 5) is 19.0. The third-order valence-corrected chi connectivity index (χ3v) is 3.63. The van der Waals surface area contributed by atoms with Crippen molar-refractivity contribution in [3.05, 3.63) is 78.8 Å². The van der Waals surface area contributed by atoms with Crippen molar-refractivity contribution >= 4 is 27.9 Å². The minimum atomic E-state index is -0.125. The average molecular weight is 539 g/mol. The number of carbonyl (C=O) groups is 1. The van der Waals surface area contributed by atoms with Gasteiger partial charge in [-0.15, -0.1) is 12.1 Å². The van der Waals surface area contributed by atoms with E-state index in [-0.39, 0.29) is 32.6 Å². The predicted molar refractivity (Wildman–Crippen MR) is 102 cm³/mol. The zero-order chi connectivity index (χ0) is 18.5. The van der Waals surface area contributed by atoms with Crippen LogP contribution in [0, 0.1) is 6.07 Å². The fourth-order valence-corrected chi connectivity index (χ4v) is 2.72. The second kappa shape index (κ2) is 9.24. The number of pyridine rings is 2. The zero-order valence-electron chi connectivity index (χ0n) is 14.9. The Bertz CT molecular complexity index is 1030. The molecule has 1 N–H and O–H groups in total. The van der Waals surface area contributed by atoms with Gasteiger partial charge in [0, 0.05) is 50.1 Å². The molecule has 0 fully saturated rings. The molecule has 0 saturated heterocycles. The summed E-state index contributed by atoms with van der Waals surface area (Å²) in [5, 5.41) is 9.32. The predicted octanol–water partition coefficient (Wildman–Crippen LogP) is 4.41. The van der Waals surface area contributed by atoms with E-state index in [1.165, 1.54) is 19.9 Å². The van der Waals surface area contributed by atoms with Gasteiger partial charge in [-0.1, -0.05) is 29.8 Å². The van der Waals surface area contributed by atoms with Crippen LogP contribution in [0.25, 0.3) is 27.8 Å². The fourth-order valence-electron chi connectivity index (χ4n) is 2.72. The van der Waals surface area contributed by atoms with Gasteiger partial charge in [0.05, 0.1) is 11.4 Å². The van der Waals surface area contributed by atoms with Gasteiger partial charge < -0.3 is 19.6 Å². The number of hydrogen-bond donors (Lipinski definition) is 1. The van der Waals surface area contributed by atoms with Gasteiger partial charge in [-0.05, 0) is 38.1 Å². The number of benzene rings is 1. The fraction of sp³-hybridized carbons (Fsp3) is 0.0952. The molecule has 0 aliphatic carbocycles. The molecule has 5 nitrogen and oxygen atoms in total. The van der Waals surface area contributed by atoms with Crippen LogP contribution in [-0.4, -0.2) is 25.4 Å². The Labute approximate surface area is 171 Å². The summed E-state index contributed by atoms with van der Waals surface area (Å²) >= 11 is 0. The zero-order valence-corrected chi connectivity index (χ0v) is 17.1. The van der Waals surface area contributed by atoms with Crippen molar-refractivity contribution in [2.75, 3.05) is 0 Å². The van der Waals surface area contributed by atoms with Gasteiger partial charge in [0.1, 0.15) is 0 Å². The van der Waals surface area contributed by atoms with Crippen molar-refractivity contribution in [1.29, 1.82) is 0 Å². The number of aliphatic hydroxyl groups is 1. The van der Waals surface area contributed by atoms with Crippen molar-refractivity contribution in [1.82, 2.24) is 14.5 Å². The molecule has 0 saturated carbocycles. The number of rotatable bonds is 2. The summed E-state index contributed by atoms with van der Waals surface area (Å²) in [5.74, 6) is -0.0625. The molecule has 140 valence electrons. The van der Waals surface area contributed by atoms with Crippen molar-refractivity contribution in [3.8, 4) is 5.69 Å². The minimum Gasteiger partial charge on any atom is -0.512 e. The van der Waals surface area contributed by atoms with Crippen LogP contribution in [-0.2, 0) is 25.9 Å². The van der Waals surface area contributed by atoms with Crippen LogP contribution in [0.3, 0.4) is 0 Å². The maximum Gasteiger partial charge on any atom is 0.155 e. The summed E-state index contributed by atoms with van der Waals surface area (Å²) in [6.45, 7) is 2.85. The molecule has 6 heteroatoms. The van der Waals surface area contributed by atoms with Gasteiger partial charge in [-0.2, -0.15) is 0 Å². The third-order valence-electron chi connectivity index (χ3n) is 3.63. The minimum absolute atomic E-state index is 0. The number of nitrogens with zero attached hydrogens (tertiary/aromatic N) is 3. The molecule has 27 heavy (non-hydrogen) atoms. The Kier molecular flexibility index (Phi) is 7.03. The Morgan fingerprint density at radius 2 is 1.81 bits per heavy atom. The van der Waals surface area contributed by atoms with E-state index >= 15 is 0 Å². The summed E-state index contributed by atoms with van der Waals surface area (Å²) in [6, 6.07) is 19.3. The average Bonchev–Trinajstić information content (AvgIpc) is 2.96. The van der Waals surface area contributed by atoms with Crippen LogP contribution in [0.5, 0.6) is 0 Å². The Balaban J connectivity index is 0.000000285. The standard InChI is InChI=1S/C16H10N3.C5H8O2.Pt/c1-2-6-12(7-3-1)19-14-9-5-10-17-15(14)13-8-4-11-18-16(13)19;1-4(6)3-5(2)7;/h1-7,9-11H;3,6H,1-2H3;/q-1;;/b;4-3-;. The van der Waals surface area contributed by atoms with Crippen LogP contribution < -0.4 is 0 Å². The molecule has 0 unspecified atom stereocenters. The van der Waals surface area contributed by atoms with E-state index in [4.69, 9.17) is 5.11 Å². The van der Waals surface area contributed by atoms with Crippen molar-refractivity contribution < 1.29 is 31.0 Å². The first kappa shape index (κ1) is 20.5. The van der Waals surface area contributed by atoms with E-state index in [0.29, 0.717) is 0 Å². The molecule has 4 rings (SSSR count). The van der Waals surface area contributed by atoms with Crippen LogP contribution in [0.4, 0.5) is 0 Å². The maximum absolute atomic E-state index is 10.0. The van der Waals surface area contributed by atoms with Gasteiger partial charge in [0.2, 0.25) is 0 Å².